The second-order valence-electron chi connectivity index (χ2n) is 8.30. The van der Waals surface area contributed by atoms with E-state index in [1.165, 1.54) is 10.5 Å². The summed E-state index contributed by atoms with van der Waals surface area (Å²) in [6, 6.07) is 8.17. The molecule has 4 heterocycles. The summed E-state index contributed by atoms with van der Waals surface area (Å²) in [5.74, 6) is -0.499. The fraction of sp³-hybridized carbons (Fsp3) is 0.292. The van der Waals surface area contributed by atoms with Crippen molar-refractivity contribution in [3.05, 3.63) is 80.7 Å². The van der Waals surface area contributed by atoms with Gasteiger partial charge in [-0.15, -0.1) is 0 Å². The van der Waals surface area contributed by atoms with Crippen LogP contribution < -0.4 is 10.5 Å². The van der Waals surface area contributed by atoms with E-state index < -0.39 is 5.82 Å². The Morgan fingerprint density at radius 1 is 1.21 bits per heavy atom. The van der Waals surface area contributed by atoms with Crippen LogP contribution in [0.3, 0.4) is 0 Å². The zero-order valence-electron chi connectivity index (χ0n) is 18.5. The predicted octanol–water partition coefficient (Wildman–Crippen LogP) is 4.08. The Morgan fingerprint density at radius 3 is 2.76 bits per heavy atom. The maximum Gasteiger partial charge on any atom is 0.261 e. The Kier molecular flexibility index (Phi) is 5.42. The number of pyridine rings is 1. The second-order valence-corrected chi connectivity index (χ2v) is 8.73. The first-order chi connectivity index (χ1) is 15.8. The van der Waals surface area contributed by atoms with Gasteiger partial charge in [0.1, 0.15) is 17.6 Å². The highest BCUT2D eigenvalue weighted by Crippen LogP contribution is 2.32. The molecule has 1 aliphatic rings. The molecule has 0 saturated carbocycles. The van der Waals surface area contributed by atoms with Crippen molar-refractivity contribution in [1.82, 2.24) is 19.2 Å². The van der Waals surface area contributed by atoms with Crippen LogP contribution in [0.1, 0.15) is 22.9 Å². The Hall–Kier alpha value is -3.23. The maximum atomic E-state index is 15.0. The van der Waals surface area contributed by atoms with E-state index in [0.717, 1.165) is 11.3 Å². The molecular formula is C24H23ClFN5O2. The monoisotopic (exact) mass is 467 g/mol. The molecule has 170 valence electrons. The van der Waals surface area contributed by atoms with Crippen LogP contribution in [0.2, 0.25) is 5.02 Å². The Balaban J connectivity index is 1.67. The Morgan fingerprint density at radius 2 is 2.03 bits per heavy atom. The third kappa shape index (κ3) is 3.89. The number of halogens is 2. The first-order valence-electron chi connectivity index (χ1n) is 10.7. The van der Waals surface area contributed by atoms with E-state index in [1.54, 1.807) is 36.9 Å². The average Bonchev–Trinajstić information content (AvgIpc) is 3.23. The van der Waals surface area contributed by atoms with Gasteiger partial charge in [0, 0.05) is 65.5 Å². The first kappa shape index (κ1) is 21.6. The number of aromatic nitrogens is 4. The largest absolute Gasteiger partial charge is 0.370 e. The Labute approximate surface area is 195 Å². The standard InChI is InChI=1S/C24H23ClFN5O2/c1-14-15(2)28-23-10-18(30-6-7-33-22(13-30)16-11-27-29(3)12-16)9-21(31(23)24(14)32)19-5-4-17(25)8-20(19)26/h4-5,8-12,22H,6-7,13H2,1-3H3. The maximum absolute atomic E-state index is 15.0. The topological polar surface area (TPSA) is 64.7 Å². The van der Waals surface area contributed by atoms with Crippen LogP contribution in [0.4, 0.5) is 10.1 Å². The highest BCUT2D eigenvalue weighted by Gasteiger charge is 2.25. The number of rotatable bonds is 3. The van der Waals surface area contributed by atoms with E-state index in [0.29, 0.717) is 47.3 Å². The number of ether oxygens (including phenoxy) is 1. The number of aryl methyl sites for hydroxylation is 2. The molecular weight excluding hydrogens is 445 g/mol. The van der Waals surface area contributed by atoms with Gasteiger partial charge in [0.2, 0.25) is 0 Å². The molecule has 1 unspecified atom stereocenters. The molecule has 0 spiro atoms. The fourth-order valence-corrected chi connectivity index (χ4v) is 4.37. The van der Waals surface area contributed by atoms with Crippen LogP contribution in [0.25, 0.3) is 16.9 Å². The van der Waals surface area contributed by atoms with Crippen LogP contribution in [0.15, 0.2) is 47.5 Å². The Bertz CT molecular complexity index is 1430. The van der Waals surface area contributed by atoms with Gasteiger partial charge >= 0.3 is 0 Å². The van der Waals surface area contributed by atoms with Crippen LogP contribution in [-0.2, 0) is 11.8 Å². The highest BCUT2D eigenvalue weighted by atomic mass is 35.5. The zero-order valence-corrected chi connectivity index (χ0v) is 19.3. The summed E-state index contributed by atoms with van der Waals surface area (Å²) in [5.41, 5.74) is 3.98. The van der Waals surface area contributed by atoms with E-state index in [-0.39, 0.29) is 17.2 Å². The number of fused-ring (bicyclic) bond motifs is 1. The molecule has 1 atom stereocenters. The minimum atomic E-state index is -0.499. The van der Waals surface area contributed by atoms with Gasteiger partial charge in [0.15, 0.2) is 0 Å². The van der Waals surface area contributed by atoms with E-state index in [4.69, 9.17) is 16.3 Å². The number of hydrogen-bond acceptors (Lipinski definition) is 5. The third-order valence-electron chi connectivity index (χ3n) is 6.12. The lowest BCUT2D eigenvalue weighted by atomic mass is 10.1. The zero-order chi connectivity index (χ0) is 23.3. The number of anilines is 1. The molecule has 0 aliphatic carbocycles. The third-order valence-corrected chi connectivity index (χ3v) is 6.35. The fourth-order valence-electron chi connectivity index (χ4n) is 4.21. The summed E-state index contributed by atoms with van der Waals surface area (Å²) in [6.45, 7) is 5.32. The summed E-state index contributed by atoms with van der Waals surface area (Å²) < 4.78 is 24.2. The molecule has 0 bridgehead atoms. The van der Waals surface area contributed by atoms with Crippen molar-refractivity contribution < 1.29 is 9.13 Å². The first-order valence-corrected chi connectivity index (χ1v) is 11.0. The van der Waals surface area contributed by atoms with Crippen LogP contribution >= 0.6 is 11.6 Å². The minimum absolute atomic E-state index is 0.144. The van der Waals surface area contributed by atoms with Crippen molar-refractivity contribution in [1.29, 1.82) is 0 Å². The summed E-state index contributed by atoms with van der Waals surface area (Å²) in [5, 5.41) is 4.54. The lowest BCUT2D eigenvalue weighted by molar-refractivity contribution is 0.0397. The van der Waals surface area contributed by atoms with Gasteiger partial charge in [-0.2, -0.15) is 5.10 Å². The molecule has 7 nitrogen and oxygen atoms in total. The molecule has 3 aromatic heterocycles. The molecule has 4 aromatic rings. The molecule has 5 rings (SSSR count). The van der Waals surface area contributed by atoms with Gasteiger partial charge in [-0.1, -0.05) is 11.6 Å². The quantitative estimate of drug-likeness (QED) is 0.454. The number of morpholine rings is 1. The van der Waals surface area contributed by atoms with Crippen LogP contribution in [0.5, 0.6) is 0 Å². The van der Waals surface area contributed by atoms with Gasteiger partial charge in [0.05, 0.1) is 18.5 Å². The van der Waals surface area contributed by atoms with Crippen LogP contribution in [-0.4, -0.2) is 38.9 Å². The van der Waals surface area contributed by atoms with Crippen molar-refractivity contribution in [2.75, 3.05) is 24.6 Å². The smallest absolute Gasteiger partial charge is 0.261 e. The second kappa shape index (κ2) is 8.28. The summed E-state index contributed by atoms with van der Waals surface area (Å²) in [4.78, 5) is 20.0. The molecule has 0 radical (unpaired) electrons. The van der Waals surface area contributed by atoms with Gasteiger partial charge in [-0.05, 0) is 38.1 Å². The summed E-state index contributed by atoms with van der Waals surface area (Å²) in [7, 11) is 1.87. The SMILES string of the molecule is Cc1nc2cc(N3CCOC(c4cnn(C)c4)C3)cc(-c3ccc(Cl)cc3F)n2c(=O)c1C. The van der Waals surface area contributed by atoms with Crippen molar-refractivity contribution in [2.45, 2.75) is 20.0 Å². The predicted molar refractivity (Wildman–Crippen MR) is 125 cm³/mol. The van der Waals surface area contributed by atoms with E-state index in [9.17, 15) is 9.18 Å². The molecule has 1 fully saturated rings. The van der Waals surface area contributed by atoms with Crippen LogP contribution in [0, 0.1) is 19.7 Å². The summed E-state index contributed by atoms with van der Waals surface area (Å²) >= 11 is 5.98. The van der Waals surface area contributed by atoms with Gasteiger partial charge in [-0.25, -0.2) is 9.37 Å². The van der Waals surface area contributed by atoms with Crippen molar-refractivity contribution in [3.8, 4) is 11.3 Å². The highest BCUT2D eigenvalue weighted by molar-refractivity contribution is 6.30. The van der Waals surface area contributed by atoms with Gasteiger partial charge < -0.3 is 9.64 Å². The molecule has 1 saturated heterocycles. The number of hydrogen-bond donors (Lipinski definition) is 0. The number of benzene rings is 1. The van der Waals surface area contributed by atoms with Gasteiger partial charge in [0.25, 0.3) is 5.56 Å². The molecule has 1 aliphatic heterocycles. The lowest BCUT2D eigenvalue weighted by Gasteiger charge is -2.34. The van der Waals surface area contributed by atoms with Crippen molar-refractivity contribution in [3.63, 3.8) is 0 Å². The van der Waals surface area contributed by atoms with E-state index in [1.807, 2.05) is 25.4 Å². The van der Waals surface area contributed by atoms with E-state index >= 15 is 0 Å². The van der Waals surface area contributed by atoms with Crippen molar-refractivity contribution in [2.24, 2.45) is 7.05 Å². The molecule has 9 heteroatoms. The lowest BCUT2D eigenvalue weighted by Crippen LogP contribution is -2.38. The number of nitrogens with zero attached hydrogens (tertiary/aromatic N) is 5. The van der Waals surface area contributed by atoms with Gasteiger partial charge in [-0.3, -0.25) is 13.9 Å². The minimum Gasteiger partial charge on any atom is -0.370 e. The molecule has 0 amide bonds. The molecule has 0 N–H and O–H groups in total. The normalized spacial score (nSPS) is 16.5. The van der Waals surface area contributed by atoms with Crippen molar-refractivity contribution >= 4 is 22.9 Å². The molecule has 1 aromatic carbocycles. The van der Waals surface area contributed by atoms with E-state index in [2.05, 4.69) is 15.0 Å². The molecule has 33 heavy (non-hydrogen) atoms. The average molecular weight is 468 g/mol. The summed E-state index contributed by atoms with van der Waals surface area (Å²) in [6.07, 6.45) is 3.60.